The Labute approximate surface area is 59.9 Å². The van der Waals surface area contributed by atoms with Gasteiger partial charge >= 0.3 is 0 Å². The number of aromatic nitrogens is 2. The average Bonchev–Trinajstić information content (AvgIpc) is 2.33. The van der Waals surface area contributed by atoms with E-state index >= 15 is 0 Å². The van der Waals surface area contributed by atoms with Crippen molar-refractivity contribution < 1.29 is 0 Å². The third-order valence-corrected chi connectivity index (χ3v) is 1.32. The Morgan fingerprint density at radius 2 is 2.20 bits per heavy atom. The van der Waals surface area contributed by atoms with Crippen molar-refractivity contribution in [1.82, 2.24) is 9.97 Å². The van der Waals surface area contributed by atoms with Crippen molar-refractivity contribution in [2.24, 2.45) is 0 Å². The molecule has 0 bridgehead atoms. The molecule has 52 valence electrons. The SMILES string of the molecule is C.c1cnc2cc[nH]c2c1. The molecule has 0 aromatic carbocycles. The topological polar surface area (TPSA) is 28.7 Å². The third kappa shape index (κ3) is 0.880. The van der Waals surface area contributed by atoms with E-state index in [-0.39, 0.29) is 7.43 Å². The van der Waals surface area contributed by atoms with Gasteiger partial charge in [0, 0.05) is 12.4 Å². The Hall–Kier alpha value is -1.31. The molecule has 0 saturated carbocycles. The van der Waals surface area contributed by atoms with Crippen LogP contribution in [0, 0.1) is 0 Å². The minimum Gasteiger partial charge on any atom is -0.360 e. The van der Waals surface area contributed by atoms with E-state index < -0.39 is 0 Å². The van der Waals surface area contributed by atoms with E-state index in [9.17, 15) is 0 Å². The van der Waals surface area contributed by atoms with Gasteiger partial charge in [0.1, 0.15) is 0 Å². The fourth-order valence-corrected chi connectivity index (χ4v) is 0.883. The van der Waals surface area contributed by atoms with Crippen LogP contribution < -0.4 is 0 Å². The monoisotopic (exact) mass is 134 g/mol. The molecule has 2 aromatic heterocycles. The van der Waals surface area contributed by atoms with Crippen LogP contribution in [0.1, 0.15) is 7.43 Å². The predicted molar refractivity (Wildman–Crippen MR) is 42.8 cm³/mol. The molecule has 0 atom stereocenters. The second-order valence-electron chi connectivity index (χ2n) is 1.91. The van der Waals surface area contributed by atoms with Crippen LogP contribution in [0.4, 0.5) is 0 Å². The van der Waals surface area contributed by atoms with Gasteiger partial charge in [0.2, 0.25) is 0 Å². The second-order valence-corrected chi connectivity index (χ2v) is 1.91. The van der Waals surface area contributed by atoms with Crippen LogP contribution in [-0.4, -0.2) is 9.97 Å². The van der Waals surface area contributed by atoms with Crippen LogP contribution in [0.3, 0.4) is 0 Å². The molecule has 0 saturated heterocycles. The summed E-state index contributed by atoms with van der Waals surface area (Å²) in [5.41, 5.74) is 2.12. The maximum atomic E-state index is 4.11. The lowest BCUT2D eigenvalue weighted by atomic mass is 10.4. The zero-order valence-electron chi connectivity index (χ0n) is 4.83. The molecule has 0 spiro atoms. The summed E-state index contributed by atoms with van der Waals surface area (Å²) in [6, 6.07) is 5.87. The quantitative estimate of drug-likeness (QED) is 0.587. The molecule has 2 rings (SSSR count). The Morgan fingerprint density at radius 1 is 1.30 bits per heavy atom. The van der Waals surface area contributed by atoms with Crippen molar-refractivity contribution >= 4 is 11.0 Å². The van der Waals surface area contributed by atoms with Gasteiger partial charge in [-0.2, -0.15) is 0 Å². The Morgan fingerprint density at radius 3 is 3.00 bits per heavy atom. The van der Waals surface area contributed by atoms with Crippen molar-refractivity contribution in [3.8, 4) is 0 Å². The van der Waals surface area contributed by atoms with E-state index in [0.717, 1.165) is 11.0 Å². The molecular formula is C8H10N2. The van der Waals surface area contributed by atoms with Gasteiger partial charge in [0.05, 0.1) is 11.0 Å². The highest BCUT2D eigenvalue weighted by Crippen LogP contribution is 2.05. The molecule has 0 radical (unpaired) electrons. The molecule has 0 fully saturated rings. The summed E-state index contributed by atoms with van der Waals surface area (Å²) in [7, 11) is 0. The molecule has 10 heavy (non-hydrogen) atoms. The number of nitrogens with zero attached hydrogens (tertiary/aromatic N) is 1. The molecule has 0 aliphatic carbocycles. The number of H-pyrrole nitrogens is 1. The van der Waals surface area contributed by atoms with Crippen LogP contribution in [0.2, 0.25) is 0 Å². The zero-order chi connectivity index (χ0) is 6.10. The summed E-state index contributed by atoms with van der Waals surface area (Å²) in [5.74, 6) is 0. The molecule has 0 aliphatic heterocycles. The smallest absolute Gasteiger partial charge is 0.0878 e. The Kier molecular flexibility index (Phi) is 1.71. The van der Waals surface area contributed by atoms with Crippen LogP contribution >= 0.6 is 0 Å². The number of rotatable bonds is 0. The third-order valence-electron chi connectivity index (χ3n) is 1.32. The van der Waals surface area contributed by atoms with Crippen molar-refractivity contribution in [3.05, 3.63) is 30.6 Å². The number of hydrogen-bond acceptors (Lipinski definition) is 1. The lowest BCUT2D eigenvalue weighted by Crippen LogP contribution is -1.68. The molecule has 2 heteroatoms. The molecule has 0 aliphatic rings. The van der Waals surface area contributed by atoms with E-state index in [0.29, 0.717) is 0 Å². The number of fused-ring (bicyclic) bond motifs is 1. The average molecular weight is 134 g/mol. The zero-order valence-corrected chi connectivity index (χ0v) is 4.83. The van der Waals surface area contributed by atoms with E-state index in [4.69, 9.17) is 0 Å². The van der Waals surface area contributed by atoms with Crippen molar-refractivity contribution in [2.75, 3.05) is 0 Å². The summed E-state index contributed by atoms with van der Waals surface area (Å²) >= 11 is 0. The number of pyridine rings is 1. The summed E-state index contributed by atoms with van der Waals surface area (Å²) in [5, 5.41) is 0. The fourth-order valence-electron chi connectivity index (χ4n) is 0.883. The van der Waals surface area contributed by atoms with E-state index in [1.165, 1.54) is 0 Å². The predicted octanol–water partition coefficient (Wildman–Crippen LogP) is 2.20. The maximum Gasteiger partial charge on any atom is 0.0878 e. The van der Waals surface area contributed by atoms with Crippen molar-refractivity contribution in [1.29, 1.82) is 0 Å². The first-order valence-corrected chi connectivity index (χ1v) is 2.85. The highest BCUT2D eigenvalue weighted by Gasteiger charge is 1.88. The minimum atomic E-state index is 0. The highest BCUT2D eigenvalue weighted by molar-refractivity contribution is 5.73. The van der Waals surface area contributed by atoms with E-state index in [1.807, 2.05) is 24.4 Å². The fraction of sp³-hybridized carbons (Fsp3) is 0.125. The highest BCUT2D eigenvalue weighted by atomic mass is 14.7. The lowest BCUT2D eigenvalue weighted by molar-refractivity contribution is 1.41. The molecule has 0 amide bonds. The van der Waals surface area contributed by atoms with Gasteiger partial charge in [0.25, 0.3) is 0 Å². The number of nitrogens with one attached hydrogen (secondary N) is 1. The van der Waals surface area contributed by atoms with Gasteiger partial charge in [0.15, 0.2) is 0 Å². The standard InChI is InChI=1S/C7H6N2.CH4/c1-2-6-7(8-4-1)3-5-9-6;/h1-5,9H;1H4. The lowest BCUT2D eigenvalue weighted by Gasteiger charge is -1.82. The van der Waals surface area contributed by atoms with Crippen LogP contribution in [0.15, 0.2) is 30.6 Å². The summed E-state index contributed by atoms with van der Waals surface area (Å²) in [6.45, 7) is 0. The van der Waals surface area contributed by atoms with E-state index in [2.05, 4.69) is 9.97 Å². The molecule has 2 nitrogen and oxygen atoms in total. The molecule has 2 aromatic rings. The summed E-state index contributed by atoms with van der Waals surface area (Å²) in [4.78, 5) is 7.17. The van der Waals surface area contributed by atoms with Crippen LogP contribution in [0.5, 0.6) is 0 Å². The first-order chi connectivity index (χ1) is 4.47. The Balaban J connectivity index is 0.000000500. The van der Waals surface area contributed by atoms with Gasteiger partial charge in [-0.25, -0.2) is 0 Å². The normalized spacial score (nSPS) is 9.20. The summed E-state index contributed by atoms with van der Waals surface area (Å²) < 4.78 is 0. The number of hydrogen-bond donors (Lipinski definition) is 1. The Bertz CT molecular complexity index is 281. The van der Waals surface area contributed by atoms with Crippen molar-refractivity contribution in [3.63, 3.8) is 0 Å². The molecular weight excluding hydrogens is 124 g/mol. The molecule has 2 heterocycles. The summed E-state index contributed by atoms with van der Waals surface area (Å²) in [6.07, 6.45) is 3.67. The largest absolute Gasteiger partial charge is 0.360 e. The van der Waals surface area contributed by atoms with Crippen LogP contribution in [0.25, 0.3) is 11.0 Å². The van der Waals surface area contributed by atoms with Gasteiger partial charge in [-0.1, -0.05) is 7.43 Å². The maximum absolute atomic E-state index is 4.11. The first-order valence-electron chi connectivity index (χ1n) is 2.85. The van der Waals surface area contributed by atoms with Gasteiger partial charge in [-0.15, -0.1) is 0 Å². The van der Waals surface area contributed by atoms with Gasteiger partial charge in [-0.3, -0.25) is 4.98 Å². The minimum absolute atomic E-state index is 0. The molecule has 1 N–H and O–H groups in total. The van der Waals surface area contributed by atoms with Gasteiger partial charge < -0.3 is 4.98 Å². The van der Waals surface area contributed by atoms with Gasteiger partial charge in [-0.05, 0) is 18.2 Å². The second kappa shape index (κ2) is 2.52. The molecule has 0 unspecified atom stereocenters. The van der Waals surface area contributed by atoms with E-state index in [1.54, 1.807) is 6.20 Å². The first kappa shape index (κ1) is 6.81. The number of aromatic amines is 1. The van der Waals surface area contributed by atoms with Crippen LogP contribution in [-0.2, 0) is 0 Å². The van der Waals surface area contributed by atoms with Crippen molar-refractivity contribution in [2.45, 2.75) is 7.43 Å².